The van der Waals surface area contributed by atoms with E-state index in [1.54, 1.807) is 55.5 Å². The number of carbonyl (C=O) groups excluding carboxylic acids is 2. The lowest BCUT2D eigenvalue weighted by molar-refractivity contribution is -0.139. The van der Waals surface area contributed by atoms with Gasteiger partial charge in [-0.15, -0.1) is 0 Å². The van der Waals surface area contributed by atoms with Crippen LogP contribution in [0.25, 0.3) is 0 Å². The summed E-state index contributed by atoms with van der Waals surface area (Å²) in [7, 11) is 0.00971. The molecule has 2 amide bonds. The first-order valence-corrected chi connectivity index (χ1v) is 14.6. The van der Waals surface area contributed by atoms with E-state index in [0.717, 1.165) is 4.31 Å². The number of nitrogens with one attached hydrogen (secondary N) is 1. The number of carbonyl (C=O) groups is 2. The second-order valence-electron chi connectivity index (χ2n) is 8.89. The number of benzene rings is 3. The highest BCUT2D eigenvalue weighted by atomic mass is 35.5. The van der Waals surface area contributed by atoms with E-state index in [1.165, 1.54) is 44.4 Å². The Morgan fingerprint density at radius 1 is 0.951 bits per heavy atom. The Balaban J connectivity index is 2.07. The molecule has 3 aromatic rings. The van der Waals surface area contributed by atoms with Gasteiger partial charge in [-0.25, -0.2) is 8.42 Å². The van der Waals surface area contributed by atoms with Crippen LogP contribution in [-0.2, 0) is 26.2 Å². The minimum Gasteiger partial charge on any atom is -0.494 e. The largest absolute Gasteiger partial charge is 0.494 e. The number of hydrogen-bond donors (Lipinski definition) is 1. The first-order chi connectivity index (χ1) is 19.5. The van der Waals surface area contributed by atoms with E-state index >= 15 is 0 Å². The maximum atomic E-state index is 14.1. The standard InChI is InChI=1S/C29H34ClN3O7S/c1-6-40-24-13-11-23(12-14-24)33(41(36,37)25-15-16-26(38-4)27(17-25)39-5)19-28(34)32(20(2)29(35)31-3)18-21-7-9-22(30)10-8-21/h7-17,20H,6,18-19H2,1-5H3,(H,31,35). The Kier molecular flexibility index (Phi) is 10.8. The average molecular weight is 604 g/mol. The van der Waals surface area contributed by atoms with Gasteiger partial charge in [0.15, 0.2) is 11.5 Å². The number of methoxy groups -OCH3 is 2. The topological polar surface area (TPSA) is 114 Å². The molecule has 1 N–H and O–H groups in total. The SMILES string of the molecule is CCOc1ccc(N(CC(=O)N(Cc2ccc(Cl)cc2)C(C)C(=O)NC)S(=O)(=O)c2ccc(OC)c(OC)c2)cc1. The summed E-state index contributed by atoms with van der Waals surface area (Å²) in [6, 6.07) is 16.5. The number of rotatable bonds is 13. The van der Waals surface area contributed by atoms with Crippen molar-refractivity contribution < 1.29 is 32.2 Å². The second-order valence-corrected chi connectivity index (χ2v) is 11.2. The Morgan fingerprint density at radius 2 is 1.59 bits per heavy atom. The molecule has 0 saturated carbocycles. The van der Waals surface area contributed by atoms with Crippen LogP contribution in [0.1, 0.15) is 19.4 Å². The summed E-state index contributed by atoms with van der Waals surface area (Å²) >= 11 is 6.02. The quantitative estimate of drug-likeness (QED) is 0.313. The third-order valence-corrected chi connectivity index (χ3v) is 8.36. The number of ether oxygens (including phenoxy) is 3. The maximum Gasteiger partial charge on any atom is 0.264 e. The van der Waals surface area contributed by atoms with Crippen molar-refractivity contribution in [3.63, 3.8) is 0 Å². The molecule has 0 aliphatic rings. The smallest absolute Gasteiger partial charge is 0.264 e. The van der Waals surface area contributed by atoms with Gasteiger partial charge in [0, 0.05) is 24.7 Å². The first-order valence-electron chi connectivity index (χ1n) is 12.8. The van der Waals surface area contributed by atoms with E-state index in [9.17, 15) is 18.0 Å². The lowest BCUT2D eigenvalue weighted by Crippen LogP contribution is -2.50. The van der Waals surface area contributed by atoms with Gasteiger partial charge < -0.3 is 24.4 Å². The molecular formula is C29H34ClN3O7S. The van der Waals surface area contributed by atoms with Crippen LogP contribution in [-0.4, -0.2) is 65.6 Å². The van der Waals surface area contributed by atoms with Gasteiger partial charge in [0.2, 0.25) is 11.8 Å². The van der Waals surface area contributed by atoms with Gasteiger partial charge >= 0.3 is 0 Å². The van der Waals surface area contributed by atoms with Crippen LogP contribution >= 0.6 is 11.6 Å². The minimum absolute atomic E-state index is 0.0537. The van der Waals surface area contributed by atoms with Gasteiger partial charge in [0.1, 0.15) is 18.3 Å². The third kappa shape index (κ3) is 7.62. The van der Waals surface area contributed by atoms with E-state index in [-0.39, 0.29) is 22.9 Å². The number of amides is 2. The third-order valence-electron chi connectivity index (χ3n) is 6.34. The van der Waals surface area contributed by atoms with Gasteiger partial charge in [-0.2, -0.15) is 0 Å². The number of hydrogen-bond acceptors (Lipinski definition) is 7. The van der Waals surface area contributed by atoms with Crippen LogP contribution in [0.15, 0.2) is 71.6 Å². The van der Waals surface area contributed by atoms with Gasteiger partial charge in [-0.3, -0.25) is 13.9 Å². The molecule has 1 unspecified atom stereocenters. The van der Waals surface area contributed by atoms with E-state index in [2.05, 4.69) is 5.32 Å². The van der Waals surface area contributed by atoms with Crippen LogP contribution < -0.4 is 23.8 Å². The highest BCUT2D eigenvalue weighted by Crippen LogP contribution is 2.33. The monoisotopic (exact) mass is 603 g/mol. The Bertz CT molecular complexity index is 1450. The molecule has 0 bridgehead atoms. The van der Waals surface area contributed by atoms with Crippen molar-refractivity contribution in [1.29, 1.82) is 0 Å². The predicted octanol–water partition coefficient (Wildman–Crippen LogP) is 4.11. The van der Waals surface area contributed by atoms with Crippen molar-refractivity contribution >= 4 is 39.1 Å². The molecule has 41 heavy (non-hydrogen) atoms. The molecule has 0 spiro atoms. The Morgan fingerprint density at radius 3 is 2.15 bits per heavy atom. The van der Waals surface area contributed by atoms with Gasteiger partial charge in [0.05, 0.1) is 31.4 Å². The maximum absolute atomic E-state index is 14.1. The summed E-state index contributed by atoms with van der Waals surface area (Å²) in [5.41, 5.74) is 0.949. The normalized spacial score (nSPS) is 11.8. The fourth-order valence-corrected chi connectivity index (χ4v) is 5.64. The summed E-state index contributed by atoms with van der Waals surface area (Å²) in [5.74, 6) is 0.119. The first kappa shape index (κ1) is 31.6. The molecule has 0 heterocycles. The Labute approximate surface area is 245 Å². The van der Waals surface area contributed by atoms with Crippen LogP contribution in [0.4, 0.5) is 5.69 Å². The van der Waals surface area contributed by atoms with Gasteiger partial charge in [0.25, 0.3) is 10.0 Å². The summed E-state index contributed by atoms with van der Waals surface area (Å²) in [5, 5.41) is 3.07. The van der Waals surface area contributed by atoms with Gasteiger partial charge in [-0.1, -0.05) is 23.7 Å². The molecule has 12 heteroatoms. The van der Waals surface area contributed by atoms with Crippen molar-refractivity contribution in [3.05, 3.63) is 77.3 Å². The molecular weight excluding hydrogens is 570 g/mol. The van der Waals surface area contributed by atoms with E-state index < -0.39 is 34.4 Å². The van der Waals surface area contributed by atoms with Crippen LogP contribution in [0, 0.1) is 0 Å². The molecule has 0 radical (unpaired) electrons. The highest BCUT2D eigenvalue weighted by molar-refractivity contribution is 7.92. The molecule has 1 atom stereocenters. The highest BCUT2D eigenvalue weighted by Gasteiger charge is 2.33. The molecule has 0 aromatic heterocycles. The summed E-state index contributed by atoms with van der Waals surface area (Å²) in [6.45, 7) is 3.32. The number of sulfonamides is 1. The fourth-order valence-electron chi connectivity index (χ4n) is 4.09. The molecule has 0 saturated heterocycles. The predicted molar refractivity (Wildman–Crippen MR) is 157 cm³/mol. The number of likely N-dealkylation sites (N-methyl/N-ethyl adjacent to an activating group) is 1. The molecule has 220 valence electrons. The zero-order valence-corrected chi connectivity index (χ0v) is 25.2. The summed E-state index contributed by atoms with van der Waals surface area (Å²) in [4.78, 5) is 27.7. The van der Waals surface area contributed by atoms with Crippen molar-refractivity contribution in [2.24, 2.45) is 0 Å². The van der Waals surface area contributed by atoms with E-state index in [1.807, 2.05) is 6.92 Å². The fraction of sp³-hybridized carbons (Fsp3) is 0.310. The Hall–Kier alpha value is -3.96. The lowest BCUT2D eigenvalue weighted by atomic mass is 10.1. The number of nitrogens with zero attached hydrogens (tertiary/aromatic N) is 2. The molecule has 10 nitrogen and oxygen atoms in total. The van der Waals surface area contributed by atoms with Crippen molar-refractivity contribution in [2.75, 3.05) is 38.7 Å². The van der Waals surface area contributed by atoms with E-state index in [0.29, 0.717) is 28.7 Å². The summed E-state index contributed by atoms with van der Waals surface area (Å²) < 4.78 is 45.2. The van der Waals surface area contributed by atoms with Crippen molar-refractivity contribution in [3.8, 4) is 17.2 Å². The zero-order valence-electron chi connectivity index (χ0n) is 23.6. The second kappa shape index (κ2) is 14.1. The lowest BCUT2D eigenvalue weighted by Gasteiger charge is -2.32. The molecule has 0 fully saturated rings. The molecule has 3 aromatic carbocycles. The van der Waals surface area contributed by atoms with Crippen LogP contribution in [0.5, 0.6) is 17.2 Å². The minimum atomic E-state index is -4.30. The molecule has 3 rings (SSSR count). The number of anilines is 1. The summed E-state index contributed by atoms with van der Waals surface area (Å²) in [6.07, 6.45) is 0. The van der Waals surface area contributed by atoms with Crippen LogP contribution in [0.2, 0.25) is 5.02 Å². The zero-order chi connectivity index (χ0) is 30.2. The van der Waals surface area contributed by atoms with Gasteiger partial charge in [-0.05, 0) is 67.9 Å². The number of halogens is 1. The van der Waals surface area contributed by atoms with Crippen molar-refractivity contribution in [1.82, 2.24) is 10.2 Å². The molecule has 0 aliphatic heterocycles. The van der Waals surface area contributed by atoms with Crippen LogP contribution in [0.3, 0.4) is 0 Å². The van der Waals surface area contributed by atoms with E-state index in [4.69, 9.17) is 25.8 Å². The van der Waals surface area contributed by atoms with Crippen molar-refractivity contribution in [2.45, 2.75) is 31.3 Å². The molecule has 0 aliphatic carbocycles. The average Bonchev–Trinajstić information content (AvgIpc) is 2.98.